The highest BCUT2D eigenvalue weighted by Gasteiger charge is 2.21. The fourth-order valence-corrected chi connectivity index (χ4v) is 4.33. The van der Waals surface area contributed by atoms with Gasteiger partial charge in [0.15, 0.2) is 16.6 Å². The van der Waals surface area contributed by atoms with Gasteiger partial charge in [-0.2, -0.15) is 0 Å². The van der Waals surface area contributed by atoms with Gasteiger partial charge in [0.25, 0.3) is 5.91 Å². The normalized spacial score (nSPS) is 12.5. The number of thiazole rings is 1. The number of amides is 1. The highest BCUT2D eigenvalue weighted by Crippen LogP contribution is 2.39. The molecular formula is C22H23Cl2N3O3S. The first kappa shape index (κ1) is 23.3. The topological polar surface area (TPSA) is 54.9 Å². The van der Waals surface area contributed by atoms with Crippen molar-refractivity contribution in [2.75, 3.05) is 38.9 Å². The Hall–Kier alpha value is -2.32. The molecule has 0 atom stereocenters. The van der Waals surface area contributed by atoms with E-state index in [4.69, 9.17) is 26.1 Å². The van der Waals surface area contributed by atoms with Crippen LogP contribution in [-0.4, -0.2) is 49.8 Å². The van der Waals surface area contributed by atoms with Crippen LogP contribution < -0.4 is 14.4 Å². The molecule has 164 valence electrons. The van der Waals surface area contributed by atoms with Gasteiger partial charge in [-0.05, 0) is 44.8 Å². The predicted octanol–water partition coefficient (Wildman–Crippen LogP) is 5.10. The van der Waals surface area contributed by atoms with Gasteiger partial charge >= 0.3 is 0 Å². The van der Waals surface area contributed by atoms with Gasteiger partial charge in [0.05, 0.1) is 10.2 Å². The lowest BCUT2D eigenvalue weighted by atomic mass is 10.2. The van der Waals surface area contributed by atoms with Gasteiger partial charge in [-0.3, -0.25) is 9.69 Å². The zero-order chi connectivity index (χ0) is 21.1. The van der Waals surface area contributed by atoms with E-state index in [9.17, 15) is 4.79 Å². The lowest BCUT2D eigenvalue weighted by molar-refractivity contribution is -0.114. The Labute approximate surface area is 196 Å². The average Bonchev–Trinajstić information content (AvgIpc) is 3.34. The van der Waals surface area contributed by atoms with Gasteiger partial charge < -0.3 is 14.4 Å². The van der Waals surface area contributed by atoms with Crippen LogP contribution in [0.1, 0.15) is 12.0 Å². The maximum Gasteiger partial charge on any atom is 0.252 e. The standard InChI is InChI=1S/C22H22ClN3O3S.ClH/c1-25(2)10-5-11-26(21(27)9-8-15-6-3-4-7-16(15)23)22-24-17-12-18-19(29-14-28-18)13-20(17)30-22;/h3-4,6-9,12-13H,5,10-11,14H2,1-2H3;1H. The number of aromatic nitrogens is 1. The number of nitrogens with zero attached hydrogens (tertiary/aromatic N) is 3. The van der Waals surface area contributed by atoms with Crippen molar-refractivity contribution in [1.82, 2.24) is 9.88 Å². The summed E-state index contributed by atoms with van der Waals surface area (Å²) in [6.07, 6.45) is 4.12. The summed E-state index contributed by atoms with van der Waals surface area (Å²) in [7, 11) is 4.03. The summed E-state index contributed by atoms with van der Waals surface area (Å²) >= 11 is 7.68. The molecule has 0 bridgehead atoms. The number of benzene rings is 2. The molecular weight excluding hydrogens is 457 g/mol. The van der Waals surface area contributed by atoms with Crippen LogP contribution >= 0.6 is 35.3 Å². The van der Waals surface area contributed by atoms with E-state index < -0.39 is 0 Å². The number of hydrogen-bond donors (Lipinski definition) is 0. The van der Waals surface area contributed by atoms with Crippen molar-refractivity contribution in [3.05, 3.63) is 53.1 Å². The van der Waals surface area contributed by atoms with Crippen LogP contribution in [0.25, 0.3) is 16.3 Å². The minimum Gasteiger partial charge on any atom is -0.454 e. The monoisotopic (exact) mass is 479 g/mol. The van der Waals surface area contributed by atoms with E-state index in [1.165, 1.54) is 11.3 Å². The maximum atomic E-state index is 13.1. The van der Waals surface area contributed by atoms with E-state index >= 15 is 0 Å². The van der Waals surface area contributed by atoms with Gasteiger partial charge in [0.1, 0.15) is 0 Å². The number of halogens is 2. The predicted molar refractivity (Wildman–Crippen MR) is 129 cm³/mol. The first-order valence-corrected chi connectivity index (χ1v) is 10.8. The third-order valence-corrected chi connectivity index (χ3v) is 6.05. The number of ether oxygens (including phenoxy) is 2. The van der Waals surface area contributed by atoms with Gasteiger partial charge in [0, 0.05) is 29.8 Å². The molecule has 2 heterocycles. The summed E-state index contributed by atoms with van der Waals surface area (Å²) in [6.45, 7) is 1.66. The molecule has 1 amide bonds. The summed E-state index contributed by atoms with van der Waals surface area (Å²) in [6, 6.07) is 11.2. The zero-order valence-electron chi connectivity index (χ0n) is 17.2. The molecule has 1 aromatic heterocycles. The van der Waals surface area contributed by atoms with Crippen LogP contribution in [0.5, 0.6) is 11.5 Å². The number of carbonyl (C=O) groups is 1. The number of anilines is 1. The maximum absolute atomic E-state index is 13.1. The molecule has 9 heteroatoms. The third kappa shape index (κ3) is 5.49. The van der Waals surface area contributed by atoms with Crippen LogP contribution in [0.4, 0.5) is 5.13 Å². The Morgan fingerprint density at radius 3 is 2.68 bits per heavy atom. The van der Waals surface area contributed by atoms with Crippen LogP contribution in [-0.2, 0) is 4.79 Å². The Morgan fingerprint density at radius 1 is 1.19 bits per heavy atom. The molecule has 0 N–H and O–H groups in total. The van der Waals surface area contributed by atoms with Crippen molar-refractivity contribution < 1.29 is 14.3 Å². The van der Waals surface area contributed by atoms with Crippen LogP contribution in [0.3, 0.4) is 0 Å². The van der Waals surface area contributed by atoms with Gasteiger partial charge in [0.2, 0.25) is 6.79 Å². The minimum absolute atomic E-state index is 0. The van der Waals surface area contributed by atoms with E-state index in [0.29, 0.717) is 28.2 Å². The van der Waals surface area contributed by atoms with E-state index in [2.05, 4.69) is 4.90 Å². The van der Waals surface area contributed by atoms with Crippen molar-refractivity contribution in [3.63, 3.8) is 0 Å². The molecule has 0 radical (unpaired) electrons. The molecule has 3 aromatic rings. The van der Waals surface area contributed by atoms with Crippen molar-refractivity contribution in [2.45, 2.75) is 6.42 Å². The number of fused-ring (bicyclic) bond motifs is 2. The molecule has 2 aromatic carbocycles. The second-order valence-electron chi connectivity index (χ2n) is 7.17. The Bertz CT molecular complexity index is 1060. The molecule has 1 aliphatic rings. The van der Waals surface area contributed by atoms with Crippen molar-refractivity contribution in [2.24, 2.45) is 0 Å². The van der Waals surface area contributed by atoms with Gasteiger partial charge in [-0.15, -0.1) is 12.4 Å². The van der Waals surface area contributed by atoms with Crippen molar-refractivity contribution in [3.8, 4) is 11.5 Å². The summed E-state index contributed by atoms with van der Waals surface area (Å²) in [5, 5.41) is 1.26. The smallest absolute Gasteiger partial charge is 0.252 e. The lowest BCUT2D eigenvalue weighted by Crippen LogP contribution is -2.32. The second-order valence-corrected chi connectivity index (χ2v) is 8.59. The van der Waals surface area contributed by atoms with Crippen molar-refractivity contribution in [1.29, 1.82) is 0 Å². The second kappa shape index (κ2) is 10.3. The van der Waals surface area contributed by atoms with Crippen LogP contribution in [0, 0.1) is 0 Å². The molecule has 1 aliphatic heterocycles. The molecule has 31 heavy (non-hydrogen) atoms. The summed E-state index contributed by atoms with van der Waals surface area (Å²) in [4.78, 5) is 21.6. The quantitative estimate of drug-likeness (QED) is 0.441. The fourth-order valence-electron chi connectivity index (χ4n) is 3.13. The third-order valence-electron chi connectivity index (χ3n) is 4.67. The Kier molecular flexibility index (Phi) is 7.78. The molecule has 0 saturated carbocycles. The SMILES string of the molecule is CN(C)CCCN(C(=O)C=Cc1ccccc1Cl)c1nc2cc3c(cc2s1)OCO3.Cl. The first-order chi connectivity index (χ1) is 14.5. The largest absolute Gasteiger partial charge is 0.454 e. The van der Waals surface area contributed by atoms with Gasteiger partial charge in [-0.1, -0.05) is 41.1 Å². The minimum atomic E-state index is -0.132. The summed E-state index contributed by atoms with van der Waals surface area (Å²) < 4.78 is 11.9. The van der Waals surface area contributed by atoms with E-state index in [1.807, 2.05) is 44.4 Å². The molecule has 0 fully saturated rings. The summed E-state index contributed by atoms with van der Waals surface area (Å²) in [5.41, 5.74) is 1.59. The highest BCUT2D eigenvalue weighted by molar-refractivity contribution is 7.22. The van der Waals surface area contributed by atoms with Gasteiger partial charge in [-0.25, -0.2) is 4.98 Å². The fraction of sp³-hybridized carbons (Fsp3) is 0.273. The van der Waals surface area contributed by atoms with Crippen LogP contribution in [0.15, 0.2) is 42.5 Å². The number of hydrogen-bond acceptors (Lipinski definition) is 6. The number of carbonyl (C=O) groups excluding carboxylic acids is 1. The molecule has 0 saturated heterocycles. The van der Waals surface area contributed by atoms with Crippen molar-refractivity contribution >= 4 is 62.7 Å². The lowest BCUT2D eigenvalue weighted by Gasteiger charge is -2.19. The summed E-state index contributed by atoms with van der Waals surface area (Å²) in [5.74, 6) is 1.26. The molecule has 0 unspecified atom stereocenters. The van der Waals surface area contributed by atoms with E-state index in [1.54, 1.807) is 23.1 Å². The van der Waals surface area contributed by atoms with Crippen LogP contribution in [0.2, 0.25) is 5.02 Å². The number of rotatable bonds is 7. The average molecular weight is 480 g/mol. The van der Waals surface area contributed by atoms with E-state index in [0.717, 1.165) is 28.7 Å². The Balaban J connectivity index is 0.00000272. The molecule has 0 spiro atoms. The molecule has 0 aliphatic carbocycles. The Morgan fingerprint density at radius 2 is 1.94 bits per heavy atom. The first-order valence-electron chi connectivity index (χ1n) is 9.60. The molecule has 6 nitrogen and oxygen atoms in total. The zero-order valence-corrected chi connectivity index (χ0v) is 19.6. The molecule has 4 rings (SSSR count). The highest BCUT2D eigenvalue weighted by atomic mass is 35.5. The van der Waals surface area contributed by atoms with E-state index in [-0.39, 0.29) is 25.1 Å².